The van der Waals surface area contributed by atoms with E-state index in [1.165, 1.54) is 24.8 Å². The Kier molecular flexibility index (Phi) is 4.61. The highest BCUT2D eigenvalue weighted by Crippen LogP contribution is 2.22. The van der Waals surface area contributed by atoms with Crippen molar-refractivity contribution >= 4 is 0 Å². The number of methoxy groups -OCH3 is 1. The molecule has 3 nitrogen and oxygen atoms in total. The smallest absolute Gasteiger partial charge is 0.118 e. The molecule has 1 aromatic carbocycles. The largest absolute Gasteiger partial charge is 0.497 e. The van der Waals surface area contributed by atoms with Crippen molar-refractivity contribution < 1.29 is 4.74 Å². The third-order valence-electron chi connectivity index (χ3n) is 3.90. The van der Waals surface area contributed by atoms with Gasteiger partial charge < -0.3 is 15.8 Å². The Morgan fingerprint density at radius 3 is 2.50 bits per heavy atom. The second-order valence-corrected chi connectivity index (χ2v) is 5.22. The normalized spacial score (nSPS) is 25.7. The van der Waals surface area contributed by atoms with E-state index in [0.29, 0.717) is 18.1 Å². The maximum atomic E-state index is 6.17. The summed E-state index contributed by atoms with van der Waals surface area (Å²) in [7, 11) is 1.69. The molecule has 0 radical (unpaired) electrons. The van der Waals surface area contributed by atoms with Crippen molar-refractivity contribution in [1.82, 2.24) is 5.32 Å². The summed E-state index contributed by atoms with van der Waals surface area (Å²) < 4.78 is 5.18. The van der Waals surface area contributed by atoms with Gasteiger partial charge in [0.2, 0.25) is 0 Å². The van der Waals surface area contributed by atoms with Gasteiger partial charge in [-0.15, -0.1) is 0 Å². The molecule has 2 rings (SSSR count). The SMILES string of the molecule is COc1ccc([C@H](C)N[C@H]2CCCC[C@H]2N)cc1. The lowest BCUT2D eigenvalue weighted by molar-refractivity contribution is 0.306. The molecule has 1 aromatic rings. The van der Waals surface area contributed by atoms with Crippen molar-refractivity contribution in [3.8, 4) is 5.75 Å². The predicted molar refractivity (Wildman–Crippen MR) is 74.8 cm³/mol. The molecular formula is C15H24N2O. The molecule has 100 valence electrons. The van der Waals surface area contributed by atoms with Gasteiger partial charge in [-0.05, 0) is 37.5 Å². The van der Waals surface area contributed by atoms with Gasteiger partial charge in [-0.25, -0.2) is 0 Å². The minimum absolute atomic E-state index is 0.305. The first-order valence-electron chi connectivity index (χ1n) is 6.86. The summed E-state index contributed by atoms with van der Waals surface area (Å²) in [6.07, 6.45) is 4.91. The summed E-state index contributed by atoms with van der Waals surface area (Å²) in [6.45, 7) is 2.20. The quantitative estimate of drug-likeness (QED) is 0.861. The Morgan fingerprint density at radius 1 is 1.22 bits per heavy atom. The lowest BCUT2D eigenvalue weighted by atomic mass is 9.90. The standard InChI is InChI=1S/C15H24N2O/c1-11(12-7-9-13(18-2)10-8-12)17-15-6-4-3-5-14(15)16/h7-11,14-15,17H,3-6,16H2,1-2H3/t11-,14+,15-/m0/s1. The molecule has 3 N–H and O–H groups in total. The van der Waals surface area contributed by atoms with Crippen molar-refractivity contribution in [3.63, 3.8) is 0 Å². The molecule has 0 aromatic heterocycles. The third kappa shape index (κ3) is 3.24. The monoisotopic (exact) mass is 248 g/mol. The topological polar surface area (TPSA) is 47.3 Å². The Balaban J connectivity index is 1.95. The fraction of sp³-hybridized carbons (Fsp3) is 0.600. The van der Waals surface area contributed by atoms with Crippen LogP contribution < -0.4 is 15.8 Å². The van der Waals surface area contributed by atoms with Gasteiger partial charge in [-0.1, -0.05) is 25.0 Å². The van der Waals surface area contributed by atoms with Gasteiger partial charge in [0.15, 0.2) is 0 Å². The highest BCUT2D eigenvalue weighted by molar-refractivity contribution is 5.28. The van der Waals surface area contributed by atoms with E-state index in [1.54, 1.807) is 7.11 Å². The van der Waals surface area contributed by atoms with Crippen LogP contribution in [0.15, 0.2) is 24.3 Å². The molecular weight excluding hydrogens is 224 g/mol. The van der Waals surface area contributed by atoms with E-state index in [2.05, 4.69) is 24.4 Å². The van der Waals surface area contributed by atoms with E-state index in [0.717, 1.165) is 12.2 Å². The summed E-state index contributed by atoms with van der Waals surface area (Å²) in [4.78, 5) is 0. The zero-order valence-corrected chi connectivity index (χ0v) is 11.4. The molecule has 0 heterocycles. The van der Waals surface area contributed by atoms with Crippen molar-refractivity contribution in [1.29, 1.82) is 0 Å². The number of nitrogens with two attached hydrogens (primary N) is 1. The molecule has 0 amide bonds. The molecule has 3 atom stereocenters. The van der Waals surface area contributed by atoms with Gasteiger partial charge >= 0.3 is 0 Å². The highest BCUT2D eigenvalue weighted by Gasteiger charge is 2.23. The second-order valence-electron chi connectivity index (χ2n) is 5.22. The maximum Gasteiger partial charge on any atom is 0.118 e. The summed E-state index contributed by atoms with van der Waals surface area (Å²) in [5.74, 6) is 0.903. The van der Waals surface area contributed by atoms with E-state index < -0.39 is 0 Å². The number of rotatable bonds is 4. The van der Waals surface area contributed by atoms with Crippen molar-refractivity contribution in [3.05, 3.63) is 29.8 Å². The summed E-state index contributed by atoms with van der Waals surface area (Å²) in [5, 5.41) is 3.66. The van der Waals surface area contributed by atoms with Crippen LogP contribution >= 0.6 is 0 Å². The predicted octanol–water partition coefficient (Wildman–Crippen LogP) is 2.62. The first kappa shape index (κ1) is 13.4. The van der Waals surface area contributed by atoms with Crippen LogP contribution in [0, 0.1) is 0 Å². The molecule has 0 spiro atoms. The summed E-state index contributed by atoms with van der Waals surface area (Å²) >= 11 is 0. The van der Waals surface area contributed by atoms with Crippen molar-refractivity contribution in [2.45, 2.75) is 50.7 Å². The van der Waals surface area contributed by atoms with E-state index in [-0.39, 0.29) is 0 Å². The van der Waals surface area contributed by atoms with Gasteiger partial charge in [0.25, 0.3) is 0 Å². The minimum Gasteiger partial charge on any atom is -0.497 e. The van der Waals surface area contributed by atoms with Gasteiger partial charge in [-0.2, -0.15) is 0 Å². The lowest BCUT2D eigenvalue weighted by Gasteiger charge is -2.32. The molecule has 1 fully saturated rings. The molecule has 0 aliphatic heterocycles. The maximum absolute atomic E-state index is 6.17. The molecule has 1 saturated carbocycles. The van der Waals surface area contributed by atoms with Crippen molar-refractivity contribution in [2.75, 3.05) is 7.11 Å². The van der Waals surface area contributed by atoms with E-state index in [1.807, 2.05) is 12.1 Å². The van der Waals surface area contributed by atoms with Gasteiger partial charge in [0, 0.05) is 18.1 Å². The molecule has 1 aliphatic rings. The molecule has 3 heteroatoms. The molecule has 18 heavy (non-hydrogen) atoms. The zero-order valence-electron chi connectivity index (χ0n) is 11.4. The van der Waals surface area contributed by atoms with Crippen LogP contribution in [-0.4, -0.2) is 19.2 Å². The first-order valence-corrected chi connectivity index (χ1v) is 6.86. The third-order valence-corrected chi connectivity index (χ3v) is 3.90. The Morgan fingerprint density at radius 2 is 1.89 bits per heavy atom. The number of nitrogens with one attached hydrogen (secondary N) is 1. The van der Waals surface area contributed by atoms with Crippen LogP contribution in [-0.2, 0) is 0 Å². The van der Waals surface area contributed by atoms with Crippen LogP contribution in [0.1, 0.15) is 44.2 Å². The number of hydrogen-bond acceptors (Lipinski definition) is 3. The Labute approximate surface area is 110 Å². The van der Waals surface area contributed by atoms with E-state index in [4.69, 9.17) is 10.5 Å². The van der Waals surface area contributed by atoms with Crippen LogP contribution in [0.5, 0.6) is 5.75 Å². The number of ether oxygens (including phenoxy) is 1. The molecule has 0 unspecified atom stereocenters. The first-order chi connectivity index (χ1) is 8.70. The summed E-state index contributed by atoms with van der Waals surface area (Å²) in [5.41, 5.74) is 7.45. The van der Waals surface area contributed by atoms with Crippen molar-refractivity contribution in [2.24, 2.45) is 5.73 Å². The van der Waals surface area contributed by atoms with E-state index in [9.17, 15) is 0 Å². The molecule has 1 aliphatic carbocycles. The number of benzene rings is 1. The average molecular weight is 248 g/mol. The molecule has 0 saturated heterocycles. The van der Waals surface area contributed by atoms with E-state index >= 15 is 0 Å². The average Bonchev–Trinajstić information content (AvgIpc) is 2.41. The van der Waals surface area contributed by atoms with Crippen LogP contribution in [0.3, 0.4) is 0 Å². The lowest BCUT2D eigenvalue weighted by Crippen LogP contribution is -2.47. The molecule has 0 bridgehead atoms. The van der Waals surface area contributed by atoms with Gasteiger partial charge in [-0.3, -0.25) is 0 Å². The highest BCUT2D eigenvalue weighted by atomic mass is 16.5. The Hall–Kier alpha value is -1.06. The second kappa shape index (κ2) is 6.21. The van der Waals surface area contributed by atoms with Crippen LogP contribution in [0.25, 0.3) is 0 Å². The van der Waals surface area contributed by atoms with Gasteiger partial charge in [0.05, 0.1) is 7.11 Å². The Bertz CT molecular complexity index is 363. The number of hydrogen-bond donors (Lipinski definition) is 2. The fourth-order valence-corrected chi connectivity index (χ4v) is 2.68. The zero-order chi connectivity index (χ0) is 13.0. The van der Waals surface area contributed by atoms with Crippen LogP contribution in [0.4, 0.5) is 0 Å². The van der Waals surface area contributed by atoms with Crippen LogP contribution in [0.2, 0.25) is 0 Å². The summed E-state index contributed by atoms with van der Waals surface area (Å²) in [6, 6.07) is 9.35. The minimum atomic E-state index is 0.305. The fourth-order valence-electron chi connectivity index (χ4n) is 2.68. The van der Waals surface area contributed by atoms with Gasteiger partial charge in [0.1, 0.15) is 5.75 Å².